The number of aromatic nitrogens is 2. The normalized spacial score (nSPS) is 10.3. The average Bonchev–Trinajstić information content (AvgIpc) is 2.72. The summed E-state index contributed by atoms with van der Waals surface area (Å²) in [6.45, 7) is 4.10. The molecular formula is C18H22ClN11O3. The van der Waals surface area contributed by atoms with E-state index in [1.807, 2.05) is 13.8 Å². The van der Waals surface area contributed by atoms with E-state index in [9.17, 15) is 14.7 Å². The number of halogens is 1. The van der Waals surface area contributed by atoms with Crippen molar-refractivity contribution >= 4 is 46.7 Å². The number of hydrogen-bond acceptors (Lipinski definition) is 8. The van der Waals surface area contributed by atoms with Gasteiger partial charge < -0.3 is 32.5 Å². The second-order valence-electron chi connectivity index (χ2n) is 6.85. The van der Waals surface area contributed by atoms with Crippen LogP contribution < -0.4 is 27.4 Å². The van der Waals surface area contributed by atoms with Crippen molar-refractivity contribution in [3.63, 3.8) is 0 Å². The lowest BCUT2D eigenvalue weighted by Crippen LogP contribution is -2.39. The molecule has 0 saturated heterocycles. The maximum absolute atomic E-state index is 12.4. The van der Waals surface area contributed by atoms with E-state index in [-0.39, 0.29) is 58.6 Å². The molecule has 0 aliphatic heterocycles. The molecule has 1 heterocycles. The zero-order chi connectivity index (χ0) is 24.7. The number of carbonyl (C=O) groups excluding carboxylic acids is 2. The summed E-state index contributed by atoms with van der Waals surface area (Å²) in [6, 6.07) is 3.78. The van der Waals surface area contributed by atoms with Crippen LogP contribution in [-0.4, -0.2) is 52.0 Å². The SMILES string of the molecule is CC(C)N(CCNC(=O)c1ccc(N=[N+]=[N-])cc1O)c1nc(N)c(C(=O)N=C(N)N)nc1Cl. The van der Waals surface area contributed by atoms with Crippen LogP contribution in [0.2, 0.25) is 5.15 Å². The predicted octanol–water partition coefficient (Wildman–Crippen LogP) is 1.42. The summed E-state index contributed by atoms with van der Waals surface area (Å²) in [6.07, 6.45) is 0. The van der Waals surface area contributed by atoms with Crippen LogP contribution in [-0.2, 0) is 0 Å². The van der Waals surface area contributed by atoms with Crippen molar-refractivity contribution in [2.75, 3.05) is 23.7 Å². The van der Waals surface area contributed by atoms with Gasteiger partial charge in [0.25, 0.3) is 5.91 Å². The van der Waals surface area contributed by atoms with Gasteiger partial charge in [0.05, 0.1) is 5.56 Å². The molecule has 14 nitrogen and oxygen atoms in total. The van der Waals surface area contributed by atoms with Gasteiger partial charge in [-0.25, -0.2) is 9.97 Å². The Labute approximate surface area is 193 Å². The van der Waals surface area contributed by atoms with Gasteiger partial charge in [0.2, 0.25) is 0 Å². The van der Waals surface area contributed by atoms with Gasteiger partial charge in [-0.15, -0.1) is 0 Å². The van der Waals surface area contributed by atoms with Gasteiger partial charge in [0.15, 0.2) is 28.4 Å². The minimum Gasteiger partial charge on any atom is -0.507 e. The van der Waals surface area contributed by atoms with E-state index in [1.165, 1.54) is 18.2 Å². The summed E-state index contributed by atoms with van der Waals surface area (Å²) in [5.74, 6) is -2.24. The molecule has 0 fully saturated rings. The Bertz CT molecular complexity index is 1140. The van der Waals surface area contributed by atoms with Gasteiger partial charge in [-0.2, -0.15) is 4.99 Å². The number of nitrogen functional groups attached to an aromatic ring is 1. The third-order valence-corrected chi connectivity index (χ3v) is 4.47. The van der Waals surface area contributed by atoms with E-state index < -0.39 is 17.8 Å². The first-order valence-electron chi connectivity index (χ1n) is 9.45. The van der Waals surface area contributed by atoms with Gasteiger partial charge in [-0.1, -0.05) is 22.8 Å². The smallest absolute Gasteiger partial charge is 0.302 e. The Kier molecular flexibility index (Phi) is 8.20. The fourth-order valence-corrected chi connectivity index (χ4v) is 2.98. The number of guanidine groups is 1. The van der Waals surface area contributed by atoms with E-state index in [1.54, 1.807) is 4.90 Å². The standard InChI is InChI=1S/C18H22ClN11O3/c1-8(2)30(15-13(19)25-12(14(20)26-15)17(33)27-18(21)22)6-5-24-16(32)10-4-3-9(28-29-23)7-11(10)31/h3-4,7-8,31H,5-6H2,1-2H3,(H2,20,26)(H,24,32)(H4,21,22,27,33). The van der Waals surface area contributed by atoms with Crippen molar-refractivity contribution in [3.05, 3.63) is 45.1 Å². The van der Waals surface area contributed by atoms with Crippen LogP contribution in [0.1, 0.15) is 34.7 Å². The van der Waals surface area contributed by atoms with Gasteiger partial charge in [0.1, 0.15) is 5.75 Å². The molecule has 15 heteroatoms. The molecular weight excluding hydrogens is 454 g/mol. The number of benzene rings is 1. The highest BCUT2D eigenvalue weighted by molar-refractivity contribution is 6.32. The predicted molar refractivity (Wildman–Crippen MR) is 123 cm³/mol. The van der Waals surface area contributed by atoms with Crippen LogP contribution in [0.25, 0.3) is 10.4 Å². The second kappa shape index (κ2) is 10.8. The molecule has 1 aromatic heterocycles. The molecule has 0 bridgehead atoms. The van der Waals surface area contributed by atoms with Crippen LogP contribution in [0.3, 0.4) is 0 Å². The molecule has 2 amide bonds. The van der Waals surface area contributed by atoms with E-state index in [4.69, 9.17) is 34.3 Å². The maximum atomic E-state index is 12.4. The number of aliphatic imine (C=N–C) groups is 1. The van der Waals surface area contributed by atoms with Gasteiger partial charge >= 0.3 is 5.91 Å². The van der Waals surface area contributed by atoms with Crippen molar-refractivity contribution in [1.82, 2.24) is 15.3 Å². The summed E-state index contributed by atoms with van der Waals surface area (Å²) < 4.78 is 0. The van der Waals surface area contributed by atoms with Crippen molar-refractivity contribution in [3.8, 4) is 5.75 Å². The Morgan fingerprint density at radius 1 is 1.33 bits per heavy atom. The average molecular weight is 476 g/mol. The number of azide groups is 1. The second-order valence-corrected chi connectivity index (χ2v) is 7.21. The third-order valence-electron chi connectivity index (χ3n) is 4.22. The first-order chi connectivity index (χ1) is 15.5. The number of nitrogens with two attached hydrogens (primary N) is 3. The van der Waals surface area contributed by atoms with Crippen molar-refractivity contribution < 1.29 is 14.7 Å². The monoisotopic (exact) mass is 475 g/mol. The third kappa shape index (κ3) is 6.35. The molecule has 174 valence electrons. The fourth-order valence-electron chi connectivity index (χ4n) is 2.75. The van der Waals surface area contributed by atoms with Crippen LogP contribution in [0.4, 0.5) is 17.3 Å². The van der Waals surface area contributed by atoms with E-state index in [0.29, 0.717) is 0 Å². The Morgan fingerprint density at radius 2 is 2.03 bits per heavy atom. The van der Waals surface area contributed by atoms with Crippen LogP contribution in [0.5, 0.6) is 5.75 Å². The molecule has 1 aromatic carbocycles. The highest BCUT2D eigenvalue weighted by Gasteiger charge is 2.22. The number of phenolic OH excluding ortho intramolecular Hbond substituents is 1. The largest absolute Gasteiger partial charge is 0.507 e. The molecule has 0 saturated carbocycles. The van der Waals surface area contributed by atoms with Crippen molar-refractivity contribution in [2.24, 2.45) is 21.6 Å². The maximum Gasteiger partial charge on any atom is 0.302 e. The quantitative estimate of drug-likeness (QED) is 0.122. The summed E-state index contributed by atoms with van der Waals surface area (Å²) in [5, 5.41) is 15.9. The molecule has 33 heavy (non-hydrogen) atoms. The molecule has 0 atom stereocenters. The molecule has 8 N–H and O–H groups in total. The Hall–Kier alpha value is -4.29. The number of rotatable bonds is 8. The minimum absolute atomic E-state index is 0.00709. The van der Waals surface area contributed by atoms with Crippen molar-refractivity contribution in [2.45, 2.75) is 19.9 Å². The van der Waals surface area contributed by atoms with Crippen LogP contribution >= 0.6 is 11.6 Å². The number of amides is 2. The summed E-state index contributed by atoms with van der Waals surface area (Å²) in [4.78, 5) is 40.3. The number of carbonyl (C=O) groups is 2. The van der Waals surface area contributed by atoms with Gasteiger partial charge in [0, 0.05) is 29.7 Å². The van der Waals surface area contributed by atoms with Crippen LogP contribution in [0.15, 0.2) is 28.3 Å². The van der Waals surface area contributed by atoms with E-state index >= 15 is 0 Å². The fraction of sp³-hybridized carbons (Fsp3) is 0.278. The lowest BCUT2D eigenvalue weighted by atomic mass is 10.1. The molecule has 0 aliphatic carbocycles. The van der Waals surface area contributed by atoms with Crippen LogP contribution in [0, 0.1) is 0 Å². The van der Waals surface area contributed by atoms with E-state index in [0.717, 1.165) is 0 Å². The molecule has 0 radical (unpaired) electrons. The number of phenols is 1. The minimum atomic E-state index is -0.886. The summed E-state index contributed by atoms with van der Waals surface area (Å²) >= 11 is 6.23. The first kappa shape index (κ1) is 25.0. The Morgan fingerprint density at radius 3 is 2.61 bits per heavy atom. The molecule has 2 aromatic rings. The number of hydrogen-bond donors (Lipinski definition) is 5. The zero-order valence-corrected chi connectivity index (χ0v) is 18.5. The van der Waals surface area contributed by atoms with Crippen molar-refractivity contribution in [1.29, 1.82) is 0 Å². The zero-order valence-electron chi connectivity index (χ0n) is 17.7. The van der Waals surface area contributed by atoms with Gasteiger partial charge in [-0.05, 0) is 31.5 Å². The molecule has 0 aliphatic rings. The lowest BCUT2D eigenvalue weighted by molar-refractivity contribution is 0.0950. The molecule has 0 spiro atoms. The highest BCUT2D eigenvalue weighted by Crippen LogP contribution is 2.26. The lowest BCUT2D eigenvalue weighted by Gasteiger charge is -2.28. The topological polar surface area (TPSA) is 235 Å². The van der Waals surface area contributed by atoms with E-state index in [2.05, 4.69) is 30.3 Å². The number of anilines is 2. The molecule has 2 rings (SSSR count). The first-order valence-corrected chi connectivity index (χ1v) is 9.82. The number of nitrogens with zero attached hydrogens (tertiary/aromatic N) is 7. The highest BCUT2D eigenvalue weighted by atomic mass is 35.5. The summed E-state index contributed by atoms with van der Waals surface area (Å²) in [5.41, 5.74) is 24.6. The summed E-state index contributed by atoms with van der Waals surface area (Å²) in [7, 11) is 0. The number of nitrogens with one attached hydrogen (secondary N) is 1. The van der Waals surface area contributed by atoms with Gasteiger partial charge in [-0.3, -0.25) is 9.59 Å². The Balaban J connectivity index is 2.16. The number of aromatic hydroxyl groups is 1. The molecule has 0 unspecified atom stereocenters.